The first-order valence-corrected chi connectivity index (χ1v) is 10.8. The summed E-state index contributed by atoms with van der Waals surface area (Å²) in [6.07, 6.45) is 0. The first-order valence-electron chi connectivity index (χ1n) is 10.5. The van der Waals surface area contributed by atoms with Gasteiger partial charge in [0.1, 0.15) is 5.70 Å². The van der Waals surface area contributed by atoms with Crippen LogP contribution in [0.1, 0.15) is 16.7 Å². The molecule has 1 fully saturated rings. The number of carbonyl (C=O) groups is 2. The molecule has 1 saturated heterocycles. The number of aryl methyl sites for hydroxylation is 1. The second kappa shape index (κ2) is 8.83. The summed E-state index contributed by atoms with van der Waals surface area (Å²) >= 11 is 6.06. The molecule has 1 N–H and O–H groups in total. The highest BCUT2D eigenvalue weighted by Crippen LogP contribution is 2.37. The van der Waals surface area contributed by atoms with E-state index in [1.165, 1.54) is 4.90 Å². The fraction of sp³-hybridized carbons (Fsp3) is 0.333. The van der Waals surface area contributed by atoms with Crippen molar-refractivity contribution in [1.29, 1.82) is 0 Å². The van der Waals surface area contributed by atoms with Crippen molar-refractivity contribution >= 4 is 34.7 Å². The Hall–Kier alpha value is -2.67. The van der Waals surface area contributed by atoms with Crippen molar-refractivity contribution in [2.75, 3.05) is 44.2 Å². The van der Waals surface area contributed by atoms with Crippen LogP contribution in [0.25, 0.3) is 5.57 Å². The zero-order valence-electron chi connectivity index (χ0n) is 17.8. The SMILES string of the molecule is Cc1cccc(N2C(=O)C(c3ccc(Cl)cc3)=C(N3CCN(CCO)CC3)C2=O)c1C. The molecule has 0 aliphatic carbocycles. The summed E-state index contributed by atoms with van der Waals surface area (Å²) in [5.41, 5.74) is 4.10. The predicted molar refractivity (Wildman–Crippen MR) is 122 cm³/mol. The van der Waals surface area contributed by atoms with Crippen molar-refractivity contribution in [1.82, 2.24) is 9.80 Å². The summed E-state index contributed by atoms with van der Waals surface area (Å²) < 4.78 is 0. The maximum Gasteiger partial charge on any atom is 0.282 e. The lowest BCUT2D eigenvalue weighted by atomic mass is 10.0. The van der Waals surface area contributed by atoms with Gasteiger partial charge in [-0.05, 0) is 48.7 Å². The normalized spacial score (nSPS) is 17.8. The lowest BCUT2D eigenvalue weighted by molar-refractivity contribution is -0.120. The quantitative estimate of drug-likeness (QED) is 0.726. The Morgan fingerprint density at radius 1 is 0.935 bits per heavy atom. The summed E-state index contributed by atoms with van der Waals surface area (Å²) in [4.78, 5) is 32.8. The number of halogens is 1. The summed E-state index contributed by atoms with van der Waals surface area (Å²) in [5.74, 6) is -0.604. The number of amides is 2. The summed E-state index contributed by atoms with van der Waals surface area (Å²) in [6, 6.07) is 12.7. The van der Waals surface area contributed by atoms with Crippen molar-refractivity contribution in [2.24, 2.45) is 0 Å². The van der Waals surface area contributed by atoms with Gasteiger partial charge in [0.25, 0.3) is 11.8 Å². The lowest BCUT2D eigenvalue weighted by Crippen LogP contribution is -2.48. The average Bonchev–Trinajstić information content (AvgIpc) is 3.02. The Labute approximate surface area is 187 Å². The number of hydrogen-bond donors (Lipinski definition) is 1. The number of anilines is 1. The van der Waals surface area contributed by atoms with E-state index in [1.54, 1.807) is 24.3 Å². The molecule has 0 atom stereocenters. The van der Waals surface area contributed by atoms with Gasteiger partial charge in [-0.25, -0.2) is 4.90 Å². The number of aliphatic hydroxyl groups is 1. The van der Waals surface area contributed by atoms with Gasteiger partial charge in [0.15, 0.2) is 0 Å². The van der Waals surface area contributed by atoms with E-state index in [4.69, 9.17) is 11.6 Å². The van der Waals surface area contributed by atoms with Crippen LogP contribution in [0.5, 0.6) is 0 Å². The zero-order valence-corrected chi connectivity index (χ0v) is 18.5. The number of benzene rings is 2. The molecule has 6 nitrogen and oxygen atoms in total. The molecule has 2 aromatic rings. The van der Waals surface area contributed by atoms with E-state index in [2.05, 4.69) is 4.90 Å². The molecule has 2 heterocycles. The third-order valence-corrected chi connectivity index (χ3v) is 6.37. The van der Waals surface area contributed by atoms with Crippen LogP contribution >= 0.6 is 11.6 Å². The minimum Gasteiger partial charge on any atom is -0.395 e. The Morgan fingerprint density at radius 2 is 1.61 bits per heavy atom. The highest BCUT2D eigenvalue weighted by atomic mass is 35.5. The molecular formula is C24H26ClN3O3. The molecule has 2 amide bonds. The third kappa shape index (κ3) is 3.99. The summed E-state index contributed by atoms with van der Waals surface area (Å²) in [5, 5.41) is 9.79. The van der Waals surface area contributed by atoms with E-state index in [1.807, 2.05) is 36.9 Å². The van der Waals surface area contributed by atoms with E-state index in [0.717, 1.165) is 24.2 Å². The average molecular weight is 440 g/mol. The lowest BCUT2D eigenvalue weighted by Gasteiger charge is -2.36. The second-order valence-corrected chi connectivity index (χ2v) is 8.38. The van der Waals surface area contributed by atoms with E-state index in [-0.39, 0.29) is 18.4 Å². The number of aliphatic hydroxyl groups excluding tert-OH is 1. The Balaban J connectivity index is 1.77. The van der Waals surface area contributed by atoms with Gasteiger partial charge < -0.3 is 10.0 Å². The fourth-order valence-electron chi connectivity index (χ4n) is 4.22. The van der Waals surface area contributed by atoms with Crippen LogP contribution in [0.2, 0.25) is 5.02 Å². The maximum absolute atomic E-state index is 13.7. The monoisotopic (exact) mass is 439 g/mol. The van der Waals surface area contributed by atoms with Crippen molar-refractivity contribution in [3.05, 3.63) is 69.9 Å². The van der Waals surface area contributed by atoms with Gasteiger partial charge in [-0.1, -0.05) is 35.9 Å². The smallest absolute Gasteiger partial charge is 0.282 e. The van der Waals surface area contributed by atoms with Gasteiger partial charge in [-0.2, -0.15) is 0 Å². The van der Waals surface area contributed by atoms with Crippen molar-refractivity contribution in [3.63, 3.8) is 0 Å². The van der Waals surface area contributed by atoms with Crippen LogP contribution in [-0.2, 0) is 9.59 Å². The summed E-state index contributed by atoms with van der Waals surface area (Å²) in [6.45, 7) is 7.30. The number of piperazine rings is 1. The largest absolute Gasteiger partial charge is 0.395 e. The Kier molecular flexibility index (Phi) is 6.14. The minimum absolute atomic E-state index is 0.108. The van der Waals surface area contributed by atoms with E-state index < -0.39 is 0 Å². The maximum atomic E-state index is 13.7. The second-order valence-electron chi connectivity index (χ2n) is 7.95. The van der Waals surface area contributed by atoms with Gasteiger partial charge >= 0.3 is 0 Å². The molecule has 0 radical (unpaired) electrons. The van der Waals surface area contributed by atoms with Crippen LogP contribution in [0.4, 0.5) is 5.69 Å². The number of nitrogens with zero attached hydrogens (tertiary/aromatic N) is 3. The highest BCUT2D eigenvalue weighted by molar-refractivity contribution is 6.45. The number of imide groups is 1. The molecule has 162 valence electrons. The van der Waals surface area contributed by atoms with Gasteiger partial charge in [0, 0.05) is 37.7 Å². The minimum atomic E-state index is -0.311. The van der Waals surface area contributed by atoms with Crippen LogP contribution in [0, 0.1) is 13.8 Å². The topological polar surface area (TPSA) is 64.1 Å². The highest BCUT2D eigenvalue weighted by Gasteiger charge is 2.43. The van der Waals surface area contributed by atoms with Crippen molar-refractivity contribution < 1.29 is 14.7 Å². The molecule has 2 aliphatic heterocycles. The van der Waals surface area contributed by atoms with E-state index in [0.29, 0.717) is 47.2 Å². The van der Waals surface area contributed by atoms with Gasteiger partial charge in [-0.15, -0.1) is 0 Å². The van der Waals surface area contributed by atoms with Crippen LogP contribution in [0.15, 0.2) is 48.2 Å². The van der Waals surface area contributed by atoms with Crippen LogP contribution < -0.4 is 4.90 Å². The molecule has 0 spiro atoms. The van der Waals surface area contributed by atoms with E-state index in [9.17, 15) is 14.7 Å². The third-order valence-electron chi connectivity index (χ3n) is 6.11. The van der Waals surface area contributed by atoms with Gasteiger partial charge in [-0.3, -0.25) is 14.5 Å². The molecule has 0 unspecified atom stereocenters. The molecular weight excluding hydrogens is 414 g/mol. The predicted octanol–water partition coefficient (Wildman–Crippen LogP) is 2.85. The summed E-state index contributed by atoms with van der Waals surface area (Å²) in [7, 11) is 0. The van der Waals surface area contributed by atoms with Gasteiger partial charge in [0.2, 0.25) is 0 Å². The number of carbonyl (C=O) groups excluding carboxylic acids is 2. The Bertz CT molecular complexity index is 1040. The first-order chi connectivity index (χ1) is 14.9. The Morgan fingerprint density at radius 3 is 2.26 bits per heavy atom. The van der Waals surface area contributed by atoms with Crippen LogP contribution in [0.3, 0.4) is 0 Å². The molecule has 0 aromatic heterocycles. The first kappa shape index (κ1) is 21.6. The molecule has 7 heteroatoms. The van der Waals surface area contributed by atoms with Crippen molar-refractivity contribution in [3.8, 4) is 0 Å². The zero-order chi connectivity index (χ0) is 22.1. The fourth-order valence-corrected chi connectivity index (χ4v) is 4.35. The van der Waals surface area contributed by atoms with Gasteiger partial charge in [0.05, 0.1) is 17.9 Å². The molecule has 0 bridgehead atoms. The standard InChI is InChI=1S/C24H26ClN3O3/c1-16-4-3-5-20(17(16)2)28-23(30)21(18-6-8-19(25)9-7-18)22(24(28)31)27-12-10-26(11-13-27)14-15-29/h3-9,29H,10-15H2,1-2H3. The number of rotatable bonds is 5. The number of hydrogen-bond acceptors (Lipinski definition) is 5. The molecule has 2 aliphatic rings. The van der Waals surface area contributed by atoms with Crippen molar-refractivity contribution in [2.45, 2.75) is 13.8 Å². The number of β-amino-alcohol motifs (C(OH)–C–C–N with tert-alkyl or cyclic N) is 1. The molecule has 31 heavy (non-hydrogen) atoms. The van der Waals surface area contributed by atoms with Crippen LogP contribution in [-0.4, -0.2) is 66.1 Å². The molecule has 2 aromatic carbocycles. The van der Waals surface area contributed by atoms with E-state index >= 15 is 0 Å². The molecule has 0 saturated carbocycles. The molecule has 4 rings (SSSR count).